The van der Waals surface area contributed by atoms with Crippen LogP contribution in [-0.4, -0.2) is 61.1 Å². The van der Waals surface area contributed by atoms with Gasteiger partial charge in [0, 0.05) is 13.6 Å². The van der Waals surface area contributed by atoms with Crippen LogP contribution in [0.5, 0.6) is 0 Å². The third kappa shape index (κ3) is 3.80. The second kappa shape index (κ2) is 8.31. The van der Waals surface area contributed by atoms with Crippen LogP contribution in [-0.2, 0) is 0 Å². The molecule has 9 nitrogen and oxygen atoms in total. The summed E-state index contributed by atoms with van der Waals surface area (Å²) in [6.07, 6.45) is 1.28. The fourth-order valence-corrected chi connectivity index (χ4v) is 3.10. The zero-order valence-corrected chi connectivity index (χ0v) is 15.6. The lowest BCUT2D eigenvalue weighted by Crippen LogP contribution is -2.26. The van der Waals surface area contributed by atoms with Crippen LogP contribution in [0.1, 0.15) is 30.2 Å². The number of hydrogen-bond donors (Lipinski definition) is 3. The maximum atomic E-state index is 10.6. The molecule has 1 unspecified atom stereocenters. The fraction of sp³-hybridized carbons (Fsp3) is 0.368. The topological polar surface area (TPSA) is 131 Å². The average Bonchev–Trinajstić information content (AvgIpc) is 3.12. The summed E-state index contributed by atoms with van der Waals surface area (Å²) in [4.78, 5) is 14.6. The summed E-state index contributed by atoms with van der Waals surface area (Å²) in [5, 5.41) is 39.1. The molecule has 2 aromatic heterocycles. The van der Waals surface area contributed by atoms with Gasteiger partial charge in [0.15, 0.2) is 17.0 Å². The number of aromatic nitrogens is 4. The Hall–Kier alpha value is -3.06. The quantitative estimate of drug-likeness (QED) is 0.546. The first-order valence-electron chi connectivity index (χ1n) is 8.82. The van der Waals surface area contributed by atoms with Gasteiger partial charge in [-0.1, -0.05) is 12.1 Å². The van der Waals surface area contributed by atoms with E-state index >= 15 is 0 Å². The molecule has 3 aromatic rings. The number of nitrogens with zero attached hydrogens (tertiary/aromatic N) is 6. The Morgan fingerprint density at radius 1 is 1.25 bits per heavy atom. The number of nitriles is 1. The van der Waals surface area contributed by atoms with Crippen LogP contribution in [0.15, 0.2) is 36.9 Å². The van der Waals surface area contributed by atoms with Gasteiger partial charge < -0.3 is 24.8 Å². The Kier molecular flexibility index (Phi) is 5.84. The number of anilines is 1. The van der Waals surface area contributed by atoms with E-state index in [1.165, 1.54) is 12.7 Å². The standard InChI is InChI=1S/C19H22N6O3/c1-12(27)15(9-26)25-11-23-17-18(21-10-22-19(17)25)24(2)8-16(28)14-5-3-4-13(6-14)7-20/h3-6,10-12,15-16,26-28H,8-9H2,1-2H3/t12-,15-,16?/m1/s1. The predicted molar refractivity (Wildman–Crippen MR) is 103 cm³/mol. The zero-order valence-electron chi connectivity index (χ0n) is 15.6. The Labute approximate surface area is 162 Å². The Morgan fingerprint density at radius 2 is 2.04 bits per heavy atom. The second-order valence-electron chi connectivity index (χ2n) is 6.65. The van der Waals surface area contributed by atoms with Crippen molar-refractivity contribution in [3.05, 3.63) is 48.0 Å². The molecule has 3 atom stereocenters. The number of benzene rings is 1. The highest BCUT2D eigenvalue weighted by Crippen LogP contribution is 2.26. The molecule has 0 saturated carbocycles. The van der Waals surface area contributed by atoms with E-state index in [0.29, 0.717) is 28.1 Å². The SMILES string of the molecule is C[C@@H](O)[C@@H](CO)n1cnc2c(N(C)CC(O)c3cccc(C#N)c3)ncnc21. The van der Waals surface area contributed by atoms with Crippen molar-refractivity contribution in [1.82, 2.24) is 19.5 Å². The predicted octanol–water partition coefficient (Wildman–Crippen LogP) is 0.782. The van der Waals surface area contributed by atoms with E-state index in [1.54, 1.807) is 47.7 Å². The monoisotopic (exact) mass is 382 g/mol. The van der Waals surface area contributed by atoms with E-state index in [-0.39, 0.29) is 13.2 Å². The molecule has 0 aliphatic rings. The number of rotatable bonds is 7. The molecule has 3 N–H and O–H groups in total. The van der Waals surface area contributed by atoms with Crippen molar-refractivity contribution in [1.29, 1.82) is 5.26 Å². The lowest BCUT2D eigenvalue weighted by Gasteiger charge is -2.22. The minimum absolute atomic E-state index is 0.230. The van der Waals surface area contributed by atoms with Gasteiger partial charge in [0.05, 0.1) is 42.8 Å². The van der Waals surface area contributed by atoms with Gasteiger partial charge in [0.1, 0.15) is 6.33 Å². The molecule has 0 radical (unpaired) electrons. The van der Waals surface area contributed by atoms with Crippen LogP contribution in [0.4, 0.5) is 5.82 Å². The molecule has 0 saturated heterocycles. The van der Waals surface area contributed by atoms with Crippen molar-refractivity contribution in [2.45, 2.75) is 25.2 Å². The van der Waals surface area contributed by atoms with Crippen molar-refractivity contribution in [3.63, 3.8) is 0 Å². The fourth-order valence-electron chi connectivity index (χ4n) is 3.10. The summed E-state index contributed by atoms with van der Waals surface area (Å²) in [6, 6.07) is 8.31. The summed E-state index contributed by atoms with van der Waals surface area (Å²) in [5.41, 5.74) is 2.10. The maximum absolute atomic E-state index is 10.6. The van der Waals surface area contributed by atoms with Gasteiger partial charge in [0.2, 0.25) is 0 Å². The highest BCUT2D eigenvalue weighted by atomic mass is 16.3. The van der Waals surface area contributed by atoms with Crippen molar-refractivity contribution >= 4 is 17.0 Å². The molecular weight excluding hydrogens is 360 g/mol. The summed E-state index contributed by atoms with van der Waals surface area (Å²) < 4.78 is 1.62. The van der Waals surface area contributed by atoms with Gasteiger partial charge in [-0.25, -0.2) is 15.0 Å². The van der Waals surface area contributed by atoms with Crippen molar-refractivity contribution in [3.8, 4) is 6.07 Å². The summed E-state index contributed by atoms with van der Waals surface area (Å²) >= 11 is 0. The number of aliphatic hydroxyl groups excluding tert-OH is 3. The second-order valence-corrected chi connectivity index (χ2v) is 6.65. The number of hydrogen-bond acceptors (Lipinski definition) is 8. The van der Waals surface area contributed by atoms with E-state index < -0.39 is 18.2 Å². The molecule has 28 heavy (non-hydrogen) atoms. The molecule has 0 aliphatic carbocycles. The molecule has 0 spiro atoms. The number of likely N-dealkylation sites (N-methyl/N-ethyl adjacent to an activating group) is 1. The number of fused-ring (bicyclic) bond motifs is 1. The van der Waals surface area contributed by atoms with E-state index in [9.17, 15) is 15.3 Å². The molecular formula is C19H22N6O3. The summed E-state index contributed by atoms with van der Waals surface area (Å²) in [7, 11) is 1.77. The normalized spacial score (nSPS) is 14.4. The molecule has 146 valence electrons. The van der Waals surface area contributed by atoms with Gasteiger partial charge in [-0.2, -0.15) is 5.26 Å². The van der Waals surface area contributed by atoms with Crippen molar-refractivity contribution in [2.24, 2.45) is 0 Å². The van der Waals surface area contributed by atoms with E-state index in [2.05, 4.69) is 21.0 Å². The van der Waals surface area contributed by atoms with E-state index in [4.69, 9.17) is 5.26 Å². The van der Waals surface area contributed by atoms with Crippen LogP contribution in [0.3, 0.4) is 0 Å². The minimum Gasteiger partial charge on any atom is -0.394 e. The lowest BCUT2D eigenvalue weighted by atomic mass is 10.1. The first-order chi connectivity index (χ1) is 13.5. The number of imidazole rings is 1. The minimum atomic E-state index is -0.826. The summed E-state index contributed by atoms with van der Waals surface area (Å²) in [5.74, 6) is 0.515. The van der Waals surface area contributed by atoms with Crippen molar-refractivity contribution in [2.75, 3.05) is 25.1 Å². The van der Waals surface area contributed by atoms with Crippen LogP contribution in [0.25, 0.3) is 11.2 Å². The van der Waals surface area contributed by atoms with Gasteiger partial charge in [0.25, 0.3) is 0 Å². The Balaban J connectivity index is 1.89. The van der Waals surface area contributed by atoms with Crippen LogP contribution >= 0.6 is 0 Å². The first-order valence-corrected chi connectivity index (χ1v) is 8.82. The third-order valence-electron chi connectivity index (χ3n) is 4.65. The maximum Gasteiger partial charge on any atom is 0.165 e. The van der Waals surface area contributed by atoms with Crippen LogP contribution < -0.4 is 4.90 Å². The smallest absolute Gasteiger partial charge is 0.165 e. The zero-order chi connectivity index (χ0) is 20.3. The lowest BCUT2D eigenvalue weighted by molar-refractivity contribution is 0.0885. The molecule has 0 aliphatic heterocycles. The molecule has 1 aromatic carbocycles. The molecule has 0 bridgehead atoms. The van der Waals surface area contributed by atoms with Gasteiger partial charge >= 0.3 is 0 Å². The third-order valence-corrected chi connectivity index (χ3v) is 4.65. The van der Waals surface area contributed by atoms with Gasteiger partial charge in [-0.15, -0.1) is 0 Å². The van der Waals surface area contributed by atoms with Gasteiger partial charge in [-0.05, 0) is 24.6 Å². The van der Waals surface area contributed by atoms with E-state index in [1.807, 2.05) is 0 Å². The molecule has 2 heterocycles. The highest BCUT2D eigenvalue weighted by molar-refractivity contribution is 5.83. The summed E-state index contributed by atoms with van der Waals surface area (Å²) in [6.45, 7) is 1.56. The molecule has 9 heteroatoms. The van der Waals surface area contributed by atoms with Gasteiger partial charge in [-0.3, -0.25) is 0 Å². The Bertz CT molecular complexity index is 997. The molecule has 0 fully saturated rings. The highest BCUT2D eigenvalue weighted by Gasteiger charge is 2.22. The largest absolute Gasteiger partial charge is 0.394 e. The molecule has 0 amide bonds. The Morgan fingerprint density at radius 3 is 2.71 bits per heavy atom. The first kappa shape index (κ1) is 19.7. The van der Waals surface area contributed by atoms with Crippen molar-refractivity contribution < 1.29 is 15.3 Å². The van der Waals surface area contributed by atoms with E-state index in [0.717, 1.165) is 0 Å². The number of aliphatic hydroxyl groups is 3. The molecule has 3 rings (SSSR count). The van der Waals surface area contributed by atoms with Crippen LogP contribution in [0.2, 0.25) is 0 Å². The van der Waals surface area contributed by atoms with Crippen LogP contribution in [0, 0.1) is 11.3 Å². The average molecular weight is 382 g/mol.